The van der Waals surface area contributed by atoms with Crippen molar-refractivity contribution in [3.63, 3.8) is 0 Å². The van der Waals surface area contributed by atoms with Crippen LogP contribution in [0, 0.1) is 11.8 Å². The van der Waals surface area contributed by atoms with Crippen molar-refractivity contribution in [3.8, 4) is 0 Å². The van der Waals surface area contributed by atoms with Crippen molar-refractivity contribution in [1.29, 1.82) is 0 Å². The Morgan fingerprint density at radius 1 is 1.20 bits per heavy atom. The minimum atomic E-state index is 0.508. The number of anilines is 1. The van der Waals surface area contributed by atoms with E-state index in [1.54, 1.807) is 0 Å². The number of aryl methyl sites for hydroxylation is 1. The lowest BCUT2D eigenvalue weighted by Crippen LogP contribution is -2.45. The van der Waals surface area contributed by atoms with E-state index in [9.17, 15) is 0 Å². The number of rotatable bonds is 3. The lowest BCUT2D eigenvalue weighted by molar-refractivity contribution is 0.225. The third-order valence-electron chi connectivity index (χ3n) is 4.64. The Bertz CT molecular complexity index is 441. The van der Waals surface area contributed by atoms with Crippen LogP contribution in [-0.2, 0) is 6.42 Å². The maximum atomic E-state index is 5.45. The monoisotopic (exact) mass is 290 g/mol. The molecule has 0 bridgehead atoms. The van der Waals surface area contributed by atoms with Crippen LogP contribution in [0.15, 0.2) is 24.3 Å². The zero-order valence-corrected chi connectivity index (χ0v) is 13.6. The smallest absolute Gasteiger partial charge is 0.171 e. The van der Waals surface area contributed by atoms with Crippen molar-refractivity contribution in [2.24, 2.45) is 11.8 Å². The lowest BCUT2D eigenvalue weighted by atomic mass is 9.78. The standard InChI is InChI=1S/C17H26N2S/c1-4-14-8-10-15(11-9-14)18-17(20)19-16-7-5-6-12(2)13(16)3/h8-13,16H,4-7H2,1-3H3,(H2,18,19,20)/t12-,13+,16-/m1/s1. The maximum Gasteiger partial charge on any atom is 0.171 e. The molecule has 2 rings (SSSR count). The molecule has 1 aromatic rings. The molecule has 0 amide bonds. The quantitative estimate of drug-likeness (QED) is 0.809. The maximum absolute atomic E-state index is 5.45. The summed E-state index contributed by atoms with van der Waals surface area (Å²) in [6, 6.07) is 9.00. The topological polar surface area (TPSA) is 24.1 Å². The van der Waals surface area contributed by atoms with Crippen molar-refractivity contribution in [3.05, 3.63) is 29.8 Å². The summed E-state index contributed by atoms with van der Waals surface area (Å²) in [6.07, 6.45) is 4.94. The van der Waals surface area contributed by atoms with Crippen LogP contribution in [0.25, 0.3) is 0 Å². The summed E-state index contributed by atoms with van der Waals surface area (Å²) in [5, 5.41) is 7.54. The Labute approximate surface area is 128 Å². The average Bonchev–Trinajstić information content (AvgIpc) is 2.45. The highest BCUT2D eigenvalue weighted by molar-refractivity contribution is 7.80. The minimum absolute atomic E-state index is 0.508. The fourth-order valence-corrected chi connectivity index (χ4v) is 3.21. The van der Waals surface area contributed by atoms with Gasteiger partial charge in [0.2, 0.25) is 0 Å². The van der Waals surface area contributed by atoms with Gasteiger partial charge >= 0.3 is 0 Å². The van der Waals surface area contributed by atoms with E-state index < -0.39 is 0 Å². The van der Waals surface area contributed by atoms with Gasteiger partial charge in [0.15, 0.2) is 5.11 Å². The Kier molecular flexibility index (Phi) is 5.41. The van der Waals surface area contributed by atoms with Crippen LogP contribution in [0.2, 0.25) is 0 Å². The van der Waals surface area contributed by atoms with Gasteiger partial charge in [-0.15, -0.1) is 0 Å². The predicted octanol–water partition coefficient (Wildman–Crippen LogP) is 4.36. The predicted molar refractivity (Wildman–Crippen MR) is 91.1 cm³/mol. The van der Waals surface area contributed by atoms with Crippen LogP contribution in [0.4, 0.5) is 5.69 Å². The summed E-state index contributed by atoms with van der Waals surface area (Å²) in [5.41, 5.74) is 2.42. The van der Waals surface area contributed by atoms with E-state index in [1.165, 1.54) is 24.8 Å². The molecule has 1 aromatic carbocycles. The molecule has 0 radical (unpaired) electrons. The van der Waals surface area contributed by atoms with Crippen molar-refractivity contribution in [2.45, 2.75) is 52.5 Å². The molecule has 1 aliphatic rings. The normalized spacial score (nSPS) is 26.1. The van der Waals surface area contributed by atoms with Gasteiger partial charge in [0.05, 0.1) is 0 Å². The van der Waals surface area contributed by atoms with Gasteiger partial charge in [-0.2, -0.15) is 0 Å². The van der Waals surface area contributed by atoms with E-state index >= 15 is 0 Å². The van der Waals surface area contributed by atoms with Crippen molar-refractivity contribution in [1.82, 2.24) is 5.32 Å². The highest BCUT2D eigenvalue weighted by Gasteiger charge is 2.27. The van der Waals surface area contributed by atoms with E-state index in [2.05, 4.69) is 55.7 Å². The number of thiocarbonyl (C=S) groups is 1. The van der Waals surface area contributed by atoms with Gasteiger partial charge in [0.1, 0.15) is 0 Å². The molecule has 0 saturated heterocycles. The average molecular weight is 290 g/mol. The zero-order valence-electron chi connectivity index (χ0n) is 12.8. The summed E-state index contributed by atoms with van der Waals surface area (Å²) >= 11 is 5.45. The SMILES string of the molecule is CCc1ccc(NC(=S)N[C@@H]2CCC[C@@H](C)[C@@H]2C)cc1. The number of hydrogen-bond donors (Lipinski definition) is 2. The van der Waals surface area contributed by atoms with Gasteiger partial charge in [-0.05, 0) is 54.6 Å². The Morgan fingerprint density at radius 2 is 1.90 bits per heavy atom. The third kappa shape index (κ3) is 3.95. The van der Waals surface area contributed by atoms with Gasteiger partial charge in [0, 0.05) is 11.7 Å². The third-order valence-corrected chi connectivity index (χ3v) is 4.86. The second-order valence-corrected chi connectivity index (χ2v) is 6.43. The first-order valence-electron chi connectivity index (χ1n) is 7.76. The van der Waals surface area contributed by atoms with E-state index in [4.69, 9.17) is 12.2 Å². The lowest BCUT2D eigenvalue weighted by Gasteiger charge is -2.35. The minimum Gasteiger partial charge on any atom is -0.359 e. The highest BCUT2D eigenvalue weighted by atomic mass is 32.1. The molecule has 1 saturated carbocycles. The highest BCUT2D eigenvalue weighted by Crippen LogP contribution is 2.29. The van der Waals surface area contributed by atoms with Crippen LogP contribution >= 0.6 is 12.2 Å². The Hall–Kier alpha value is -1.09. The molecule has 0 unspecified atom stereocenters. The largest absolute Gasteiger partial charge is 0.359 e. The molecule has 1 fully saturated rings. The Balaban J connectivity index is 1.88. The van der Waals surface area contributed by atoms with Crippen LogP contribution in [0.5, 0.6) is 0 Å². The molecule has 110 valence electrons. The number of nitrogens with one attached hydrogen (secondary N) is 2. The van der Waals surface area contributed by atoms with Crippen LogP contribution in [-0.4, -0.2) is 11.2 Å². The zero-order chi connectivity index (χ0) is 14.5. The molecule has 20 heavy (non-hydrogen) atoms. The Morgan fingerprint density at radius 3 is 2.55 bits per heavy atom. The first-order chi connectivity index (χ1) is 9.60. The number of hydrogen-bond acceptors (Lipinski definition) is 1. The van der Waals surface area contributed by atoms with E-state index in [0.29, 0.717) is 12.0 Å². The second kappa shape index (κ2) is 7.07. The number of benzene rings is 1. The van der Waals surface area contributed by atoms with E-state index in [0.717, 1.165) is 23.1 Å². The van der Waals surface area contributed by atoms with Gasteiger partial charge in [-0.3, -0.25) is 0 Å². The molecule has 0 spiro atoms. The summed E-state index contributed by atoms with van der Waals surface area (Å²) in [4.78, 5) is 0. The molecule has 2 N–H and O–H groups in total. The van der Waals surface area contributed by atoms with Gasteiger partial charge in [0.25, 0.3) is 0 Å². The first kappa shape index (κ1) is 15.3. The molecular weight excluding hydrogens is 264 g/mol. The van der Waals surface area contributed by atoms with Crippen LogP contribution < -0.4 is 10.6 Å². The molecule has 3 heteroatoms. The molecule has 2 nitrogen and oxygen atoms in total. The van der Waals surface area contributed by atoms with Gasteiger partial charge < -0.3 is 10.6 Å². The summed E-state index contributed by atoms with van der Waals surface area (Å²) in [6.45, 7) is 6.85. The first-order valence-corrected chi connectivity index (χ1v) is 8.17. The molecule has 1 aliphatic carbocycles. The second-order valence-electron chi connectivity index (χ2n) is 6.02. The molecule has 0 heterocycles. The molecular formula is C17H26N2S. The van der Waals surface area contributed by atoms with E-state index in [1.807, 2.05) is 0 Å². The van der Waals surface area contributed by atoms with Crippen molar-refractivity contribution >= 4 is 23.0 Å². The fourth-order valence-electron chi connectivity index (χ4n) is 2.95. The molecule has 0 aliphatic heterocycles. The van der Waals surface area contributed by atoms with Crippen molar-refractivity contribution < 1.29 is 0 Å². The van der Waals surface area contributed by atoms with E-state index in [-0.39, 0.29) is 0 Å². The molecule has 0 aromatic heterocycles. The summed E-state index contributed by atoms with van der Waals surface area (Å²) in [5.74, 6) is 1.47. The van der Waals surface area contributed by atoms with Crippen LogP contribution in [0.1, 0.15) is 45.6 Å². The van der Waals surface area contributed by atoms with Crippen molar-refractivity contribution in [2.75, 3.05) is 5.32 Å². The van der Waals surface area contributed by atoms with Gasteiger partial charge in [-0.1, -0.05) is 45.7 Å². The fraction of sp³-hybridized carbons (Fsp3) is 0.588. The summed E-state index contributed by atoms with van der Waals surface area (Å²) in [7, 11) is 0. The molecule has 3 atom stereocenters. The summed E-state index contributed by atoms with van der Waals surface area (Å²) < 4.78 is 0. The van der Waals surface area contributed by atoms with Crippen LogP contribution in [0.3, 0.4) is 0 Å². The van der Waals surface area contributed by atoms with Gasteiger partial charge in [-0.25, -0.2) is 0 Å².